The van der Waals surface area contributed by atoms with Crippen LogP contribution in [0.5, 0.6) is 0 Å². The minimum absolute atomic E-state index is 0.214. The Morgan fingerprint density at radius 2 is 2.14 bits per heavy atom. The number of halogens is 2. The van der Waals surface area contributed by atoms with Gasteiger partial charge < -0.3 is 10.4 Å². The van der Waals surface area contributed by atoms with Crippen LogP contribution in [-0.4, -0.2) is 28.8 Å². The second kappa shape index (κ2) is 6.34. The third-order valence-electron chi connectivity index (χ3n) is 4.09. The summed E-state index contributed by atoms with van der Waals surface area (Å²) in [6.45, 7) is 3.23. The summed E-state index contributed by atoms with van der Waals surface area (Å²) >= 11 is 5.56. The lowest BCUT2D eigenvalue weighted by Crippen LogP contribution is -2.51. The summed E-state index contributed by atoms with van der Waals surface area (Å²) in [6.07, 6.45) is -0.408. The number of aliphatic hydroxyl groups is 1. The Balaban J connectivity index is 2.39. The Labute approximate surface area is 133 Å². The van der Waals surface area contributed by atoms with Gasteiger partial charge in [0, 0.05) is 17.9 Å². The number of carbonyl (C=O) groups excluding carboxylic acids is 2. The largest absolute Gasteiger partial charge is 0.390 e. The molecule has 2 rings (SSSR count). The van der Waals surface area contributed by atoms with Gasteiger partial charge in [-0.05, 0) is 44.0 Å². The van der Waals surface area contributed by atoms with E-state index in [4.69, 9.17) is 11.6 Å². The number of nitrogens with one attached hydrogen (secondary N) is 1. The van der Waals surface area contributed by atoms with Crippen molar-refractivity contribution in [2.75, 3.05) is 5.88 Å². The van der Waals surface area contributed by atoms with Crippen LogP contribution in [0, 0.1) is 11.2 Å². The van der Waals surface area contributed by atoms with Gasteiger partial charge in [0.25, 0.3) is 0 Å². The van der Waals surface area contributed by atoms with Gasteiger partial charge >= 0.3 is 0 Å². The Hall–Kier alpha value is -1.46. The first-order valence-electron chi connectivity index (χ1n) is 7.16. The van der Waals surface area contributed by atoms with Crippen LogP contribution in [0.25, 0.3) is 0 Å². The molecule has 0 saturated heterocycles. The molecule has 1 aromatic rings. The van der Waals surface area contributed by atoms with Gasteiger partial charge in [-0.2, -0.15) is 0 Å². The third-order valence-corrected chi connectivity index (χ3v) is 4.35. The van der Waals surface area contributed by atoms with E-state index in [-0.39, 0.29) is 18.1 Å². The Morgan fingerprint density at radius 3 is 2.77 bits per heavy atom. The molecule has 0 aromatic heterocycles. The number of Topliss-reactive ketones (excluding diaryl/α,β-unsaturated/α-hetero) is 1. The van der Waals surface area contributed by atoms with E-state index in [0.29, 0.717) is 23.4 Å². The molecule has 2 atom stereocenters. The number of hydrogen-bond acceptors (Lipinski definition) is 3. The predicted octanol–water partition coefficient (Wildman–Crippen LogP) is 2.59. The molecule has 1 aliphatic rings. The highest BCUT2D eigenvalue weighted by Crippen LogP contribution is 2.41. The van der Waals surface area contributed by atoms with E-state index < -0.39 is 23.4 Å². The van der Waals surface area contributed by atoms with E-state index in [1.165, 1.54) is 18.2 Å². The van der Waals surface area contributed by atoms with Crippen LogP contribution in [0.15, 0.2) is 18.2 Å². The normalized spacial score (nSPS) is 23.0. The number of ketones is 1. The maximum absolute atomic E-state index is 13.5. The number of fused-ring (bicyclic) bond motifs is 1. The lowest BCUT2D eigenvalue weighted by Gasteiger charge is -2.40. The van der Waals surface area contributed by atoms with E-state index in [1.54, 1.807) is 13.8 Å². The molecule has 0 aliphatic heterocycles. The molecule has 0 spiro atoms. The molecule has 0 fully saturated rings. The molecular formula is C16H19ClFNO3. The van der Waals surface area contributed by atoms with Crippen molar-refractivity contribution >= 4 is 23.3 Å². The van der Waals surface area contributed by atoms with Gasteiger partial charge in [-0.1, -0.05) is 0 Å². The van der Waals surface area contributed by atoms with Crippen LogP contribution in [0.2, 0.25) is 0 Å². The molecule has 0 bridgehead atoms. The highest BCUT2D eigenvalue weighted by atomic mass is 35.5. The molecule has 22 heavy (non-hydrogen) atoms. The van der Waals surface area contributed by atoms with Crippen molar-refractivity contribution in [3.63, 3.8) is 0 Å². The van der Waals surface area contributed by atoms with Crippen molar-refractivity contribution in [3.05, 3.63) is 35.1 Å². The maximum Gasteiger partial charge on any atom is 0.220 e. The molecule has 120 valence electrons. The molecule has 1 aromatic carbocycles. The molecule has 0 radical (unpaired) electrons. The van der Waals surface area contributed by atoms with Gasteiger partial charge in [-0.25, -0.2) is 4.39 Å². The van der Waals surface area contributed by atoms with E-state index in [9.17, 15) is 19.1 Å². The fraction of sp³-hybridized carbons (Fsp3) is 0.500. The lowest BCUT2D eigenvalue weighted by molar-refractivity contribution is -0.123. The second-order valence-electron chi connectivity index (χ2n) is 6.06. The molecule has 6 heteroatoms. The zero-order valence-electron chi connectivity index (χ0n) is 12.5. The summed E-state index contributed by atoms with van der Waals surface area (Å²) in [5.41, 5.74) is -0.412. The molecule has 2 N–H and O–H groups in total. The smallest absolute Gasteiger partial charge is 0.220 e. The average Bonchev–Trinajstić information content (AvgIpc) is 2.47. The van der Waals surface area contributed by atoms with Crippen LogP contribution in [0.3, 0.4) is 0 Å². The van der Waals surface area contributed by atoms with Gasteiger partial charge in [0.05, 0.1) is 17.6 Å². The zero-order chi connectivity index (χ0) is 16.5. The van der Waals surface area contributed by atoms with Crippen LogP contribution in [-0.2, 0) is 4.79 Å². The van der Waals surface area contributed by atoms with Crippen LogP contribution in [0.4, 0.5) is 4.39 Å². The predicted molar refractivity (Wildman–Crippen MR) is 81.4 cm³/mol. The van der Waals surface area contributed by atoms with Crippen molar-refractivity contribution in [2.45, 2.75) is 38.8 Å². The Morgan fingerprint density at radius 1 is 1.45 bits per heavy atom. The number of carbonyl (C=O) groups is 2. The van der Waals surface area contributed by atoms with E-state index in [2.05, 4.69) is 5.32 Å². The van der Waals surface area contributed by atoms with Crippen LogP contribution < -0.4 is 5.32 Å². The zero-order valence-corrected chi connectivity index (χ0v) is 13.3. The molecule has 1 amide bonds. The van der Waals surface area contributed by atoms with Gasteiger partial charge in [0.2, 0.25) is 5.91 Å². The molecule has 0 heterocycles. The molecule has 0 saturated carbocycles. The molecule has 4 nitrogen and oxygen atoms in total. The molecule has 0 unspecified atom stereocenters. The summed E-state index contributed by atoms with van der Waals surface area (Å²) in [5.74, 6) is -0.708. The number of rotatable bonds is 4. The Kier molecular flexibility index (Phi) is 4.87. The number of hydrogen-bond donors (Lipinski definition) is 2. The monoisotopic (exact) mass is 327 g/mol. The van der Waals surface area contributed by atoms with Crippen molar-refractivity contribution in [1.82, 2.24) is 5.32 Å². The third kappa shape index (κ3) is 3.01. The average molecular weight is 328 g/mol. The molecule has 1 aliphatic carbocycles. The summed E-state index contributed by atoms with van der Waals surface area (Å²) in [6, 6.07) is 2.98. The standard InChI is InChI=1S/C16H19ClFNO3/c1-16(2)14(21)10-6-5-9(18)8-11(10)13(15(16)22)19-12(20)4-3-7-17/h5-6,8,13,15,22H,3-4,7H2,1-2H3,(H,19,20)/t13-,15+/m1/s1. The topological polar surface area (TPSA) is 66.4 Å². The highest BCUT2D eigenvalue weighted by molar-refractivity contribution is 6.17. The Bertz CT molecular complexity index is 603. The highest BCUT2D eigenvalue weighted by Gasteiger charge is 2.47. The molecular weight excluding hydrogens is 309 g/mol. The fourth-order valence-corrected chi connectivity index (χ4v) is 2.83. The summed E-state index contributed by atoms with van der Waals surface area (Å²) in [4.78, 5) is 24.4. The quantitative estimate of drug-likeness (QED) is 0.835. The second-order valence-corrected chi connectivity index (χ2v) is 6.44. The lowest BCUT2D eigenvalue weighted by atomic mass is 9.68. The first kappa shape index (κ1) is 16.9. The van der Waals surface area contributed by atoms with Gasteiger partial charge in [0.1, 0.15) is 5.82 Å². The van der Waals surface area contributed by atoms with Crippen LogP contribution >= 0.6 is 11.6 Å². The van der Waals surface area contributed by atoms with E-state index >= 15 is 0 Å². The van der Waals surface area contributed by atoms with Crippen LogP contribution in [0.1, 0.15) is 48.7 Å². The van der Waals surface area contributed by atoms with E-state index in [1.807, 2.05) is 0 Å². The van der Waals surface area contributed by atoms with Crippen molar-refractivity contribution in [3.8, 4) is 0 Å². The number of alkyl halides is 1. The van der Waals surface area contributed by atoms with E-state index in [0.717, 1.165) is 0 Å². The minimum Gasteiger partial charge on any atom is -0.390 e. The number of benzene rings is 1. The van der Waals surface area contributed by atoms with Crippen molar-refractivity contribution in [2.24, 2.45) is 5.41 Å². The SMILES string of the molecule is CC1(C)C(=O)c2ccc(F)cc2[C@@H](NC(=O)CCCCl)[C@@H]1O. The first-order valence-corrected chi connectivity index (χ1v) is 7.70. The summed E-state index contributed by atoms with van der Waals surface area (Å²) in [5, 5.41) is 13.2. The van der Waals surface area contributed by atoms with Gasteiger partial charge in [0.15, 0.2) is 5.78 Å². The number of amides is 1. The maximum atomic E-state index is 13.5. The fourth-order valence-electron chi connectivity index (χ4n) is 2.70. The minimum atomic E-state index is -1.13. The summed E-state index contributed by atoms with van der Waals surface area (Å²) in [7, 11) is 0. The summed E-state index contributed by atoms with van der Waals surface area (Å²) < 4.78 is 13.5. The van der Waals surface area contributed by atoms with Gasteiger partial charge in [-0.15, -0.1) is 11.6 Å². The van der Waals surface area contributed by atoms with Gasteiger partial charge in [-0.3, -0.25) is 9.59 Å². The number of aliphatic hydroxyl groups excluding tert-OH is 1. The first-order chi connectivity index (χ1) is 10.3. The van der Waals surface area contributed by atoms with Crippen molar-refractivity contribution in [1.29, 1.82) is 0 Å². The van der Waals surface area contributed by atoms with Crippen molar-refractivity contribution < 1.29 is 19.1 Å².